The van der Waals surface area contributed by atoms with Crippen molar-refractivity contribution in [3.05, 3.63) is 0 Å². The third kappa shape index (κ3) is 1.89. The van der Waals surface area contributed by atoms with Crippen molar-refractivity contribution in [2.45, 2.75) is 63.8 Å². The van der Waals surface area contributed by atoms with Crippen LogP contribution in [0.5, 0.6) is 0 Å². The highest BCUT2D eigenvalue weighted by Crippen LogP contribution is 2.50. The molecule has 2 heterocycles. The average Bonchev–Trinajstić information content (AvgIpc) is 2.33. The Bertz CT molecular complexity index is 266. The van der Waals surface area contributed by atoms with Crippen LogP contribution in [0, 0.1) is 5.92 Å². The van der Waals surface area contributed by atoms with Crippen LogP contribution in [0.25, 0.3) is 0 Å². The van der Waals surface area contributed by atoms with Crippen LogP contribution in [-0.4, -0.2) is 35.1 Å². The molecule has 0 amide bonds. The molecule has 16 heavy (non-hydrogen) atoms. The van der Waals surface area contributed by atoms with Gasteiger partial charge in [-0.25, -0.2) is 0 Å². The SMILES string of the molecule is CC1(C)CC(O)(C2CCOCC2)C(C)(C)O1. The van der Waals surface area contributed by atoms with Crippen molar-refractivity contribution < 1.29 is 14.6 Å². The zero-order valence-corrected chi connectivity index (χ0v) is 10.9. The van der Waals surface area contributed by atoms with E-state index in [9.17, 15) is 5.11 Å². The van der Waals surface area contributed by atoms with Crippen LogP contribution < -0.4 is 0 Å². The minimum atomic E-state index is -0.708. The molecule has 0 aliphatic carbocycles. The summed E-state index contributed by atoms with van der Waals surface area (Å²) in [5, 5.41) is 11.0. The van der Waals surface area contributed by atoms with Gasteiger partial charge in [-0.1, -0.05) is 0 Å². The summed E-state index contributed by atoms with van der Waals surface area (Å²) in [6, 6.07) is 0. The molecule has 2 aliphatic rings. The van der Waals surface area contributed by atoms with E-state index in [-0.39, 0.29) is 5.60 Å². The minimum Gasteiger partial charge on any atom is -0.386 e. The van der Waals surface area contributed by atoms with Gasteiger partial charge in [0.15, 0.2) is 0 Å². The van der Waals surface area contributed by atoms with E-state index in [2.05, 4.69) is 13.8 Å². The first-order chi connectivity index (χ1) is 7.27. The van der Waals surface area contributed by atoms with Gasteiger partial charge in [0.1, 0.15) is 0 Å². The van der Waals surface area contributed by atoms with Crippen LogP contribution in [0.1, 0.15) is 47.0 Å². The highest BCUT2D eigenvalue weighted by molar-refractivity contribution is 5.09. The van der Waals surface area contributed by atoms with Crippen molar-refractivity contribution in [1.82, 2.24) is 0 Å². The van der Waals surface area contributed by atoms with Gasteiger partial charge in [0.05, 0.1) is 16.8 Å². The van der Waals surface area contributed by atoms with Crippen LogP contribution in [-0.2, 0) is 9.47 Å². The molecule has 3 heteroatoms. The average molecular weight is 228 g/mol. The largest absolute Gasteiger partial charge is 0.386 e. The topological polar surface area (TPSA) is 38.7 Å². The van der Waals surface area contributed by atoms with Gasteiger partial charge in [-0.3, -0.25) is 0 Å². The van der Waals surface area contributed by atoms with Crippen molar-refractivity contribution in [3.8, 4) is 0 Å². The predicted molar refractivity (Wildman–Crippen MR) is 62.4 cm³/mol. The summed E-state index contributed by atoms with van der Waals surface area (Å²) in [7, 11) is 0. The zero-order chi connectivity index (χ0) is 12.0. The molecule has 1 atom stereocenters. The molecule has 94 valence electrons. The smallest absolute Gasteiger partial charge is 0.0987 e. The summed E-state index contributed by atoms with van der Waals surface area (Å²) in [5.74, 6) is 0.304. The molecule has 0 aromatic carbocycles. The standard InChI is InChI=1S/C13H24O3/c1-11(2)9-13(14,12(3,4)16-11)10-5-7-15-8-6-10/h10,14H,5-9H2,1-4H3. The molecule has 2 rings (SSSR count). The lowest BCUT2D eigenvalue weighted by Crippen LogP contribution is -2.53. The molecule has 2 aliphatic heterocycles. The predicted octanol–water partition coefficient (Wildman–Crippen LogP) is 2.12. The van der Waals surface area contributed by atoms with Crippen LogP contribution in [0.4, 0.5) is 0 Å². The first-order valence-corrected chi connectivity index (χ1v) is 6.27. The highest BCUT2D eigenvalue weighted by Gasteiger charge is 2.59. The molecule has 1 N–H and O–H groups in total. The van der Waals surface area contributed by atoms with E-state index in [1.807, 2.05) is 13.8 Å². The van der Waals surface area contributed by atoms with Crippen molar-refractivity contribution in [2.75, 3.05) is 13.2 Å². The van der Waals surface area contributed by atoms with Crippen LogP contribution in [0.15, 0.2) is 0 Å². The summed E-state index contributed by atoms with van der Waals surface area (Å²) in [4.78, 5) is 0. The van der Waals surface area contributed by atoms with E-state index in [0.29, 0.717) is 5.92 Å². The van der Waals surface area contributed by atoms with Gasteiger partial charge in [-0.15, -0.1) is 0 Å². The molecule has 2 saturated heterocycles. The molecule has 0 saturated carbocycles. The summed E-state index contributed by atoms with van der Waals surface area (Å²) >= 11 is 0. The summed E-state index contributed by atoms with van der Waals surface area (Å²) in [6.45, 7) is 9.68. The van der Waals surface area contributed by atoms with Crippen molar-refractivity contribution >= 4 is 0 Å². The van der Waals surface area contributed by atoms with E-state index in [0.717, 1.165) is 32.5 Å². The maximum atomic E-state index is 11.0. The van der Waals surface area contributed by atoms with Gasteiger partial charge >= 0.3 is 0 Å². The fourth-order valence-electron chi connectivity index (χ4n) is 3.49. The van der Waals surface area contributed by atoms with Crippen LogP contribution in [0.2, 0.25) is 0 Å². The van der Waals surface area contributed by atoms with Crippen molar-refractivity contribution in [1.29, 1.82) is 0 Å². The Kier molecular flexibility index (Phi) is 2.84. The number of aliphatic hydroxyl groups is 1. The van der Waals surface area contributed by atoms with Crippen molar-refractivity contribution in [2.24, 2.45) is 5.92 Å². The van der Waals surface area contributed by atoms with Gasteiger partial charge in [0.2, 0.25) is 0 Å². The second kappa shape index (κ2) is 3.69. The van der Waals surface area contributed by atoms with Gasteiger partial charge in [0, 0.05) is 19.6 Å². The molecule has 0 radical (unpaired) electrons. The fraction of sp³-hybridized carbons (Fsp3) is 1.00. The number of hydrogen-bond acceptors (Lipinski definition) is 3. The van der Waals surface area contributed by atoms with Crippen molar-refractivity contribution in [3.63, 3.8) is 0 Å². The van der Waals surface area contributed by atoms with E-state index >= 15 is 0 Å². The molecular weight excluding hydrogens is 204 g/mol. The van der Waals surface area contributed by atoms with E-state index in [4.69, 9.17) is 9.47 Å². The summed E-state index contributed by atoms with van der Waals surface area (Å²) in [6.07, 6.45) is 2.61. The second-order valence-corrected chi connectivity index (χ2v) is 6.36. The number of ether oxygens (including phenoxy) is 2. The van der Waals surface area contributed by atoms with E-state index < -0.39 is 11.2 Å². The second-order valence-electron chi connectivity index (χ2n) is 6.36. The van der Waals surface area contributed by atoms with Gasteiger partial charge in [-0.2, -0.15) is 0 Å². The third-order valence-electron chi connectivity index (χ3n) is 4.17. The molecule has 2 fully saturated rings. The Morgan fingerprint density at radius 3 is 2.06 bits per heavy atom. The van der Waals surface area contributed by atoms with Crippen LogP contribution >= 0.6 is 0 Å². The molecule has 1 unspecified atom stereocenters. The molecule has 0 bridgehead atoms. The molecule has 0 spiro atoms. The quantitative estimate of drug-likeness (QED) is 0.747. The third-order valence-corrected chi connectivity index (χ3v) is 4.17. The lowest BCUT2D eigenvalue weighted by Gasteiger charge is -2.42. The summed E-state index contributed by atoms with van der Waals surface area (Å²) in [5.41, 5.74) is -1.39. The molecule has 0 aromatic heterocycles. The highest BCUT2D eigenvalue weighted by atomic mass is 16.5. The first-order valence-electron chi connectivity index (χ1n) is 6.27. The maximum absolute atomic E-state index is 11.0. The van der Waals surface area contributed by atoms with Crippen LogP contribution in [0.3, 0.4) is 0 Å². The number of rotatable bonds is 1. The monoisotopic (exact) mass is 228 g/mol. The Hall–Kier alpha value is -0.120. The van der Waals surface area contributed by atoms with Gasteiger partial charge in [-0.05, 0) is 46.5 Å². The zero-order valence-electron chi connectivity index (χ0n) is 10.9. The normalized spacial score (nSPS) is 38.8. The molecule has 0 aromatic rings. The van der Waals surface area contributed by atoms with Gasteiger partial charge < -0.3 is 14.6 Å². The lowest BCUT2D eigenvalue weighted by molar-refractivity contribution is -0.160. The fourth-order valence-corrected chi connectivity index (χ4v) is 3.49. The number of hydrogen-bond donors (Lipinski definition) is 1. The Balaban J connectivity index is 2.22. The molecular formula is C13H24O3. The minimum absolute atomic E-state index is 0.226. The Morgan fingerprint density at radius 2 is 1.62 bits per heavy atom. The Morgan fingerprint density at radius 1 is 1.06 bits per heavy atom. The van der Waals surface area contributed by atoms with E-state index in [1.165, 1.54) is 0 Å². The van der Waals surface area contributed by atoms with Gasteiger partial charge in [0.25, 0.3) is 0 Å². The lowest BCUT2D eigenvalue weighted by atomic mass is 9.70. The first kappa shape index (κ1) is 12.3. The maximum Gasteiger partial charge on any atom is 0.0987 e. The molecule has 3 nitrogen and oxygen atoms in total. The summed E-state index contributed by atoms with van der Waals surface area (Å²) < 4.78 is 11.4. The van der Waals surface area contributed by atoms with E-state index in [1.54, 1.807) is 0 Å². The Labute approximate surface area is 98.1 Å².